The van der Waals surface area contributed by atoms with Crippen LogP contribution in [0.4, 0.5) is 0 Å². The number of aromatic nitrogens is 2. The van der Waals surface area contributed by atoms with Gasteiger partial charge in [0.15, 0.2) is 0 Å². The molecule has 2 aromatic heterocycles. The Morgan fingerprint density at radius 2 is 1.75 bits per heavy atom. The molecule has 4 rings (SSSR count). The van der Waals surface area contributed by atoms with Crippen molar-refractivity contribution in [3.05, 3.63) is 65.8 Å². The Balaban J connectivity index is 2.06. The van der Waals surface area contributed by atoms with Gasteiger partial charge in [0.1, 0.15) is 0 Å². The van der Waals surface area contributed by atoms with Gasteiger partial charge in [-0.3, -0.25) is 4.98 Å². The van der Waals surface area contributed by atoms with E-state index in [1.165, 1.54) is 28.2 Å². The minimum atomic E-state index is 0.748. The molecule has 0 atom stereocenters. The van der Waals surface area contributed by atoms with Crippen LogP contribution in [-0.2, 0) is 6.54 Å². The van der Waals surface area contributed by atoms with Crippen LogP contribution in [0.15, 0.2) is 60.8 Å². The zero-order valence-electron chi connectivity index (χ0n) is 13.7. The Morgan fingerprint density at radius 3 is 2.54 bits per heavy atom. The normalized spacial score (nSPS) is 11.4. The first-order valence-electron chi connectivity index (χ1n) is 8.41. The lowest BCUT2D eigenvalue weighted by Crippen LogP contribution is -1.99. The number of aryl methyl sites for hydroxylation is 1. The first-order valence-corrected chi connectivity index (χ1v) is 8.79. The van der Waals surface area contributed by atoms with E-state index in [2.05, 4.69) is 41.8 Å². The van der Waals surface area contributed by atoms with E-state index in [0.29, 0.717) is 0 Å². The second-order valence-corrected chi connectivity index (χ2v) is 6.52. The maximum atomic E-state index is 6.06. The summed E-state index contributed by atoms with van der Waals surface area (Å²) < 4.78 is 2.42. The van der Waals surface area contributed by atoms with Gasteiger partial charge in [-0.1, -0.05) is 55.3 Å². The van der Waals surface area contributed by atoms with Crippen molar-refractivity contribution >= 4 is 33.4 Å². The molecule has 0 amide bonds. The van der Waals surface area contributed by atoms with Crippen LogP contribution in [0, 0.1) is 0 Å². The van der Waals surface area contributed by atoms with Gasteiger partial charge in [0.05, 0.1) is 11.2 Å². The number of benzene rings is 2. The summed E-state index contributed by atoms with van der Waals surface area (Å²) in [6, 6.07) is 18.7. The summed E-state index contributed by atoms with van der Waals surface area (Å²) in [5, 5.41) is 3.31. The van der Waals surface area contributed by atoms with E-state index in [-0.39, 0.29) is 0 Å². The highest BCUT2D eigenvalue weighted by atomic mass is 35.5. The number of halogens is 1. The lowest BCUT2D eigenvalue weighted by atomic mass is 10.1. The molecule has 0 bridgehead atoms. The predicted molar refractivity (Wildman–Crippen MR) is 103 cm³/mol. The number of rotatable bonds is 4. The van der Waals surface area contributed by atoms with Crippen LogP contribution in [0.5, 0.6) is 0 Å². The average molecular weight is 335 g/mol. The molecule has 2 heterocycles. The Labute approximate surface area is 146 Å². The van der Waals surface area contributed by atoms with Crippen molar-refractivity contribution in [2.75, 3.05) is 0 Å². The maximum Gasteiger partial charge on any atom is 0.0945 e. The Morgan fingerprint density at radius 1 is 0.958 bits per heavy atom. The van der Waals surface area contributed by atoms with E-state index < -0.39 is 0 Å². The molecule has 0 saturated heterocycles. The quantitative estimate of drug-likeness (QED) is 0.427. The van der Waals surface area contributed by atoms with Crippen LogP contribution in [0.1, 0.15) is 19.8 Å². The highest BCUT2D eigenvalue weighted by Gasteiger charge is 2.15. The third kappa shape index (κ3) is 2.47. The Kier molecular flexibility index (Phi) is 3.99. The molecule has 0 fully saturated rings. The molecule has 0 radical (unpaired) electrons. The Hall–Kier alpha value is -2.32. The van der Waals surface area contributed by atoms with Gasteiger partial charge < -0.3 is 4.57 Å². The molecule has 0 unspecified atom stereocenters. The summed E-state index contributed by atoms with van der Waals surface area (Å²) in [5.41, 5.74) is 4.63. The average Bonchev–Trinajstić information content (AvgIpc) is 2.95. The van der Waals surface area contributed by atoms with Gasteiger partial charge in [-0.05, 0) is 30.7 Å². The summed E-state index contributed by atoms with van der Waals surface area (Å²) >= 11 is 6.06. The number of para-hydroxylation sites is 1. The highest BCUT2D eigenvalue weighted by molar-refractivity contribution is 6.30. The number of unbranched alkanes of at least 4 members (excludes halogenated alkanes) is 1. The number of hydrogen-bond donors (Lipinski definition) is 0. The summed E-state index contributed by atoms with van der Waals surface area (Å²) in [4.78, 5) is 4.71. The molecule has 3 heteroatoms. The lowest BCUT2D eigenvalue weighted by Gasteiger charge is -2.10. The van der Waals surface area contributed by atoms with Gasteiger partial charge in [-0.25, -0.2) is 0 Å². The molecule has 2 nitrogen and oxygen atoms in total. The van der Waals surface area contributed by atoms with Crippen molar-refractivity contribution in [2.45, 2.75) is 26.3 Å². The van der Waals surface area contributed by atoms with Crippen molar-refractivity contribution in [3.8, 4) is 11.3 Å². The molecule has 0 aliphatic carbocycles. The van der Waals surface area contributed by atoms with Crippen molar-refractivity contribution in [1.82, 2.24) is 9.55 Å². The Bertz CT molecular complexity index is 1000. The molecular weight excluding hydrogens is 316 g/mol. The van der Waals surface area contributed by atoms with Crippen molar-refractivity contribution in [3.63, 3.8) is 0 Å². The largest absolute Gasteiger partial charge is 0.339 e. The zero-order chi connectivity index (χ0) is 16.5. The van der Waals surface area contributed by atoms with E-state index >= 15 is 0 Å². The third-order valence-electron chi connectivity index (χ3n) is 4.53. The predicted octanol–water partition coefficient (Wildman–Crippen LogP) is 6.31. The van der Waals surface area contributed by atoms with Crippen molar-refractivity contribution < 1.29 is 0 Å². The molecular formula is C21H19ClN2. The zero-order valence-corrected chi connectivity index (χ0v) is 14.4. The minimum absolute atomic E-state index is 0.748. The second kappa shape index (κ2) is 6.29. The number of hydrogen-bond acceptors (Lipinski definition) is 1. The number of fused-ring (bicyclic) bond motifs is 3. The standard InChI is InChI=1S/C21H19ClN2/c1-2-3-14-24-19-7-5-4-6-17(19)18-12-13-23-20(21(18)24)15-8-10-16(22)11-9-15/h4-13H,2-3,14H2,1H3. The molecule has 0 spiro atoms. The highest BCUT2D eigenvalue weighted by Crippen LogP contribution is 2.35. The topological polar surface area (TPSA) is 17.8 Å². The van der Waals surface area contributed by atoms with Gasteiger partial charge in [-0.15, -0.1) is 0 Å². The van der Waals surface area contributed by atoms with Gasteiger partial charge in [0, 0.05) is 39.6 Å². The monoisotopic (exact) mass is 334 g/mol. The molecule has 0 saturated carbocycles. The summed E-state index contributed by atoms with van der Waals surface area (Å²) in [6.07, 6.45) is 4.23. The van der Waals surface area contributed by atoms with Gasteiger partial charge >= 0.3 is 0 Å². The van der Waals surface area contributed by atoms with E-state index in [1.54, 1.807) is 0 Å². The molecule has 0 aliphatic rings. The van der Waals surface area contributed by atoms with Crippen LogP contribution in [0.3, 0.4) is 0 Å². The van der Waals surface area contributed by atoms with Crippen molar-refractivity contribution in [1.29, 1.82) is 0 Å². The molecule has 120 valence electrons. The third-order valence-corrected chi connectivity index (χ3v) is 4.78. The summed E-state index contributed by atoms with van der Waals surface area (Å²) in [7, 11) is 0. The first kappa shape index (κ1) is 15.2. The van der Waals surface area contributed by atoms with E-state index in [9.17, 15) is 0 Å². The van der Waals surface area contributed by atoms with Gasteiger partial charge in [0.2, 0.25) is 0 Å². The fourth-order valence-corrected chi connectivity index (χ4v) is 3.50. The second-order valence-electron chi connectivity index (χ2n) is 6.08. The van der Waals surface area contributed by atoms with Crippen LogP contribution in [0.25, 0.3) is 33.1 Å². The number of pyridine rings is 1. The first-order chi connectivity index (χ1) is 11.8. The molecule has 0 N–H and O–H groups in total. The lowest BCUT2D eigenvalue weighted by molar-refractivity contribution is 0.665. The van der Waals surface area contributed by atoms with Gasteiger partial charge in [-0.2, -0.15) is 0 Å². The number of nitrogens with zero attached hydrogens (tertiary/aromatic N) is 2. The van der Waals surface area contributed by atoms with Crippen LogP contribution in [0.2, 0.25) is 5.02 Å². The van der Waals surface area contributed by atoms with Crippen molar-refractivity contribution in [2.24, 2.45) is 0 Å². The molecule has 4 aromatic rings. The van der Waals surface area contributed by atoms with Crippen LogP contribution in [-0.4, -0.2) is 9.55 Å². The van der Waals surface area contributed by atoms with E-state index in [4.69, 9.17) is 16.6 Å². The van der Waals surface area contributed by atoms with Crippen LogP contribution >= 0.6 is 11.6 Å². The molecule has 24 heavy (non-hydrogen) atoms. The SMILES string of the molecule is CCCCn1c2ccccc2c2ccnc(-c3ccc(Cl)cc3)c21. The minimum Gasteiger partial charge on any atom is -0.339 e. The maximum absolute atomic E-state index is 6.06. The van der Waals surface area contributed by atoms with E-state index in [1.807, 2.05) is 30.5 Å². The fraction of sp³-hybridized carbons (Fsp3) is 0.190. The summed E-state index contributed by atoms with van der Waals surface area (Å²) in [6.45, 7) is 3.24. The van der Waals surface area contributed by atoms with E-state index in [0.717, 1.165) is 29.2 Å². The van der Waals surface area contributed by atoms with Crippen LogP contribution < -0.4 is 0 Å². The van der Waals surface area contributed by atoms with Gasteiger partial charge in [0.25, 0.3) is 0 Å². The molecule has 2 aromatic carbocycles. The molecule has 0 aliphatic heterocycles. The summed E-state index contributed by atoms with van der Waals surface area (Å²) in [5.74, 6) is 0. The smallest absolute Gasteiger partial charge is 0.0945 e. The fourth-order valence-electron chi connectivity index (χ4n) is 3.37.